The maximum atomic E-state index is 11.9. The smallest absolute Gasteiger partial charge is 0.157 e. The van der Waals surface area contributed by atoms with Crippen LogP contribution < -0.4 is 9.47 Å². The van der Waals surface area contributed by atoms with E-state index in [1.165, 1.54) is 22.3 Å². The van der Waals surface area contributed by atoms with E-state index in [0.717, 1.165) is 32.0 Å². The Labute approximate surface area is 164 Å². The molecule has 2 aliphatic rings. The average Bonchev–Trinajstić information content (AvgIpc) is 3.33. The van der Waals surface area contributed by atoms with Crippen LogP contribution in [-0.4, -0.2) is 6.29 Å². The van der Waals surface area contributed by atoms with Gasteiger partial charge in [0.15, 0.2) is 6.29 Å². The van der Waals surface area contributed by atoms with E-state index in [-0.39, 0.29) is 12.2 Å². The summed E-state index contributed by atoms with van der Waals surface area (Å²) in [5.41, 5.74) is 5.59. The quantitative estimate of drug-likeness (QED) is 0.546. The normalized spacial score (nSPS) is 19.7. The molecule has 3 nitrogen and oxygen atoms in total. The first-order valence-electron chi connectivity index (χ1n) is 9.90. The van der Waals surface area contributed by atoms with Crippen LogP contribution in [0.25, 0.3) is 0 Å². The number of carbonyl (C=O) groups is 1. The van der Waals surface area contributed by atoms with E-state index in [1.807, 2.05) is 30.3 Å². The topological polar surface area (TPSA) is 35.5 Å². The highest BCUT2D eigenvalue weighted by Gasteiger charge is 2.27. The third-order valence-corrected chi connectivity index (χ3v) is 5.84. The molecule has 0 fully saturated rings. The first kappa shape index (κ1) is 17.1. The molecule has 28 heavy (non-hydrogen) atoms. The fourth-order valence-electron chi connectivity index (χ4n) is 4.43. The third-order valence-electron chi connectivity index (χ3n) is 5.84. The largest absolute Gasteiger partial charge is 0.485 e. The number of ether oxygens (including phenoxy) is 2. The molecule has 0 radical (unpaired) electrons. The lowest BCUT2D eigenvalue weighted by atomic mass is 10.1. The molecule has 2 aliphatic carbocycles. The Hall–Kier alpha value is -3.07. The minimum absolute atomic E-state index is 0.0163. The molecule has 0 heterocycles. The van der Waals surface area contributed by atoms with E-state index in [9.17, 15) is 4.79 Å². The van der Waals surface area contributed by atoms with Crippen LogP contribution in [0.4, 0.5) is 0 Å². The van der Waals surface area contributed by atoms with Crippen molar-refractivity contribution in [2.24, 2.45) is 0 Å². The van der Waals surface area contributed by atoms with Crippen molar-refractivity contribution in [3.05, 3.63) is 94.5 Å². The molecule has 3 heteroatoms. The molecule has 0 aliphatic heterocycles. The zero-order valence-electron chi connectivity index (χ0n) is 15.6. The molecular weight excluding hydrogens is 348 g/mol. The molecular formula is C25H22O3. The number of hydrogen-bond acceptors (Lipinski definition) is 3. The van der Waals surface area contributed by atoms with Crippen LogP contribution in [0.3, 0.4) is 0 Å². The summed E-state index contributed by atoms with van der Waals surface area (Å²) in [7, 11) is 0. The fourth-order valence-corrected chi connectivity index (χ4v) is 4.43. The van der Waals surface area contributed by atoms with Gasteiger partial charge in [-0.05, 0) is 60.1 Å². The molecule has 0 saturated carbocycles. The molecule has 0 aromatic heterocycles. The SMILES string of the molecule is O=Cc1c(O[C@@H]2CCc3ccccc32)cccc1O[C@@H]1CCc2ccccc21. The molecule has 0 spiro atoms. The van der Waals surface area contributed by atoms with Gasteiger partial charge >= 0.3 is 0 Å². The Kier molecular flexibility index (Phi) is 4.36. The summed E-state index contributed by atoms with van der Waals surface area (Å²) in [6, 6.07) is 22.4. The number of fused-ring (bicyclic) bond motifs is 2. The van der Waals surface area contributed by atoms with Gasteiger partial charge in [0.25, 0.3) is 0 Å². The van der Waals surface area contributed by atoms with E-state index in [1.54, 1.807) is 0 Å². The van der Waals surface area contributed by atoms with Gasteiger partial charge < -0.3 is 9.47 Å². The van der Waals surface area contributed by atoms with Crippen molar-refractivity contribution in [2.75, 3.05) is 0 Å². The monoisotopic (exact) mass is 370 g/mol. The lowest BCUT2D eigenvalue weighted by molar-refractivity contribution is 0.110. The molecule has 2 atom stereocenters. The Balaban J connectivity index is 1.42. The van der Waals surface area contributed by atoms with Crippen molar-refractivity contribution in [2.45, 2.75) is 37.9 Å². The second kappa shape index (κ2) is 7.16. The molecule has 0 saturated heterocycles. The Morgan fingerprint density at radius 3 is 1.68 bits per heavy atom. The van der Waals surface area contributed by atoms with Crippen molar-refractivity contribution in [1.29, 1.82) is 0 Å². The zero-order valence-corrected chi connectivity index (χ0v) is 15.6. The molecule has 0 unspecified atom stereocenters. The van der Waals surface area contributed by atoms with Gasteiger partial charge in [-0.2, -0.15) is 0 Å². The summed E-state index contributed by atoms with van der Waals surface area (Å²) < 4.78 is 12.6. The Morgan fingerprint density at radius 2 is 1.18 bits per heavy atom. The lowest BCUT2D eigenvalue weighted by Gasteiger charge is -2.20. The second-order valence-electron chi connectivity index (χ2n) is 7.47. The minimum atomic E-state index is -0.0163. The number of benzene rings is 3. The maximum absolute atomic E-state index is 11.9. The molecule has 3 aromatic rings. The van der Waals surface area contributed by atoms with E-state index in [0.29, 0.717) is 17.1 Å². The van der Waals surface area contributed by atoms with Gasteiger partial charge in [0.2, 0.25) is 0 Å². The van der Waals surface area contributed by atoms with Gasteiger partial charge in [-0.25, -0.2) is 0 Å². The van der Waals surface area contributed by atoms with Crippen LogP contribution in [0.15, 0.2) is 66.7 Å². The first-order chi connectivity index (χ1) is 13.8. The van der Waals surface area contributed by atoms with Crippen molar-refractivity contribution < 1.29 is 14.3 Å². The van der Waals surface area contributed by atoms with Gasteiger partial charge in [0.1, 0.15) is 23.7 Å². The van der Waals surface area contributed by atoms with Crippen molar-refractivity contribution >= 4 is 6.29 Å². The van der Waals surface area contributed by atoms with Crippen LogP contribution in [0, 0.1) is 0 Å². The lowest BCUT2D eigenvalue weighted by Crippen LogP contribution is -2.08. The van der Waals surface area contributed by atoms with Crippen LogP contribution in [0.5, 0.6) is 11.5 Å². The number of aldehydes is 1. The van der Waals surface area contributed by atoms with Crippen LogP contribution in [0.2, 0.25) is 0 Å². The summed E-state index contributed by atoms with van der Waals surface area (Å²) in [5.74, 6) is 1.20. The molecule has 0 N–H and O–H groups in total. The van der Waals surface area contributed by atoms with Crippen molar-refractivity contribution in [3.63, 3.8) is 0 Å². The summed E-state index contributed by atoms with van der Waals surface area (Å²) in [4.78, 5) is 11.9. The van der Waals surface area contributed by atoms with Gasteiger partial charge in [0, 0.05) is 0 Å². The molecule has 0 bridgehead atoms. The van der Waals surface area contributed by atoms with E-state index >= 15 is 0 Å². The first-order valence-corrected chi connectivity index (χ1v) is 9.90. The predicted molar refractivity (Wildman–Crippen MR) is 108 cm³/mol. The molecule has 5 rings (SSSR count). The Morgan fingerprint density at radius 1 is 0.679 bits per heavy atom. The molecule has 0 amide bonds. The molecule has 140 valence electrons. The van der Waals surface area contributed by atoms with Gasteiger partial charge in [-0.15, -0.1) is 0 Å². The highest BCUT2D eigenvalue weighted by atomic mass is 16.5. The predicted octanol–water partition coefficient (Wildman–Crippen LogP) is 5.63. The van der Waals surface area contributed by atoms with Gasteiger partial charge in [0.05, 0.1) is 5.56 Å². The van der Waals surface area contributed by atoms with E-state index < -0.39 is 0 Å². The third kappa shape index (κ3) is 2.97. The van der Waals surface area contributed by atoms with Crippen molar-refractivity contribution in [3.8, 4) is 11.5 Å². The molecule has 3 aromatic carbocycles. The summed E-state index contributed by atoms with van der Waals surface area (Å²) in [6.07, 6.45) is 4.69. The number of hydrogen-bond donors (Lipinski definition) is 0. The number of carbonyl (C=O) groups excluding carboxylic acids is 1. The standard InChI is InChI=1S/C25H22O3/c26-16-21-22(27-24-14-12-17-6-1-3-8-19(17)24)10-5-11-23(21)28-25-15-13-18-7-2-4-9-20(18)25/h1-11,16,24-25H,12-15H2/t24-,25-/m1/s1. The van der Waals surface area contributed by atoms with Crippen molar-refractivity contribution in [1.82, 2.24) is 0 Å². The fraction of sp³-hybridized carbons (Fsp3) is 0.240. The summed E-state index contributed by atoms with van der Waals surface area (Å²) in [5, 5.41) is 0. The summed E-state index contributed by atoms with van der Waals surface area (Å²) >= 11 is 0. The highest BCUT2D eigenvalue weighted by Crippen LogP contribution is 2.40. The van der Waals surface area contributed by atoms with E-state index in [4.69, 9.17) is 9.47 Å². The zero-order chi connectivity index (χ0) is 18.9. The van der Waals surface area contributed by atoms with Crippen LogP contribution in [0.1, 0.15) is 57.7 Å². The highest BCUT2D eigenvalue weighted by molar-refractivity contribution is 5.83. The van der Waals surface area contributed by atoms with Crippen LogP contribution in [-0.2, 0) is 12.8 Å². The summed E-state index contributed by atoms with van der Waals surface area (Å²) in [6.45, 7) is 0. The number of rotatable bonds is 5. The Bertz CT molecular complexity index is 948. The maximum Gasteiger partial charge on any atom is 0.157 e. The van der Waals surface area contributed by atoms with Gasteiger partial charge in [-0.3, -0.25) is 4.79 Å². The van der Waals surface area contributed by atoms with Gasteiger partial charge in [-0.1, -0.05) is 54.6 Å². The van der Waals surface area contributed by atoms with Crippen LogP contribution >= 0.6 is 0 Å². The average molecular weight is 370 g/mol. The second-order valence-corrected chi connectivity index (χ2v) is 7.47. The minimum Gasteiger partial charge on any atom is -0.485 e. The number of aryl methyl sites for hydroxylation is 2. The van der Waals surface area contributed by atoms with E-state index in [2.05, 4.69) is 36.4 Å².